The zero-order chi connectivity index (χ0) is 24.1. The van der Waals surface area contributed by atoms with Gasteiger partial charge in [-0.3, -0.25) is 14.4 Å². The van der Waals surface area contributed by atoms with Crippen LogP contribution < -0.4 is 27.8 Å². The minimum Gasteiger partial charge on any atom is -0.480 e. The summed E-state index contributed by atoms with van der Waals surface area (Å²) in [5.41, 5.74) is 16.9. The molecule has 1 rings (SSSR count). The van der Waals surface area contributed by atoms with Crippen molar-refractivity contribution in [2.75, 3.05) is 25.4 Å². The molecule has 1 fully saturated rings. The number of aliphatic carboxylic acids is 1. The summed E-state index contributed by atoms with van der Waals surface area (Å²) < 4.78 is 0. The molecule has 1 aliphatic heterocycles. The van der Waals surface area contributed by atoms with Crippen LogP contribution in [0.5, 0.6) is 0 Å². The number of carbonyl (C=O) groups excluding carboxylic acids is 3. The fraction of sp³-hybridized carbons (Fsp3) is 0.800. The molecule has 0 aromatic carbocycles. The molecule has 0 saturated carbocycles. The molecule has 11 nitrogen and oxygen atoms in total. The van der Waals surface area contributed by atoms with E-state index < -0.39 is 47.9 Å². The van der Waals surface area contributed by atoms with Gasteiger partial charge in [-0.05, 0) is 58.0 Å². The van der Waals surface area contributed by atoms with Crippen LogP contribution >= 0.6 is 12.6 Å². The zero-order valence-corrected chi connectivity index (χ0v) is 19.4. The summed E-state index contributed by atoms with van der Waals surface area (Å²) in [7, 11) is 0. The molecule has 184 valence electrons. The molecule has 1 aliphatic rings. The predicted octanol–water partition coefficient (Wildman–Crippen LogP) is -1.45. The van der Waals surface area contributed by atoms with E-state index in [9.17, 15) is 24.3 Å². The Balaban J connectivity index is 2.80. The number of nitrogens with zero attached hydrogens (tertiary/aromatic N) is 1. The average Bonchev–Trinajstić information content (AvgIpc) is 3.26. The van der Waals surface area contributed by atoms with Crippen LogP contribution in [0.3, 0.4) is 0 Å². The van der Waals surface area contributed by atoms with Gasteiger partial charge in [0.15, 0.2) is 0 Å². The van der Waals surface area contributed by atoms with Crippen LogP contribution in [0, 0.1) is 0 Å². The van der Waals surface area contributed by atoms with Gasteiger partial charge >= 0.3 is 5.97 Å². The van der Waals surface area contributed by atoms with E-state index in [1.54, 1.807) is 0 Å². The highest BCUT2D eigenvalue weighted by atomic mass is 32.1. The predicted molar refractivity (Wildman–Crippen MR) is 124 cm³/mol. The quantitative estimate of drug-likeness (QED) is 0.111. The van der Waals surface area contributed by atoms with Crippen LogP contribution in [0.15, 0.2) is 0 Å². The summed E-state index contributed by atoms with van der Waals surface area (Å²) in [4.78, 5) is 50.9. The SMILES string of the molecule is NCCCCC(N)C(=O)NC(CCCCN)C(=O)NC(CS)C(=O)N1CCCC1C(=O)O. The third kappa shape index (κ3) is 8.93. The number of nitrogens with one attached hydrogen (secondary N) is 2. The minimum atomic E-state index is -1.07. The molecule has 32 heavy (non-hydrogen) atoms. The van der Waals surface area contributed by atoms with E-state index in [2.05, 4.69) is 23.3 Å². The largest absolute Gasteiger partial charge is 0.480 e. The van der Waals surface area contributed by atoms with Crippen LogP contribution in [-0.2, 0) is 19.2 Å². The Morgan fingerprint density at radius 2 is 1.56 bits per heavy atom. The van der Waals surface area contributed by atoms with E-state index in [1.165, 1.54) is 4.90 Å². The van der Waals surface area contributed by atoms with Gasteiger partial charge in [-0.15, -0.1) is 0 Å². The molecule has 1 saturated heterocycles. The van der Waals surface area contributed by atoms with Gasteiger partial charge in [0, 0.05) is 12.3 Å². The molecule has 4 atom stereocenters. The number of carboxylic acids is 1. The lowest BCUT2D eigenvalue weighted by Gasteiger charge is -2.28. The Morgan fingerprint density at radius 1 is 0.969 bits per heavy atom. The van der Waals surface area contributed by atoms with E-state index in [0.717, 1.165) is 6.42 Å². The summed E-state index contributed by atoms with van der Waals surface area (Å²) in [5, 5.41) is 14.6. The zero-order valence-electron chi connectivity index (χ0n) is 18.5. The molecule has 4 unspecified atom stereocenters. The van der Waals surface area contributed by atoms with Crippen molar-refractivity contribution in [2.45, 2.75) is 75.5 Å². The Morgan fingerprint density at radius 3 is 2.12 bits per heavy atom. The standard InChI is InChI=1S/C20H38N6O5S/c21-9-3-1-6-13(23)17(27)24-14(7-2-4-10-22)18(28)25-15(12-32)19(29)26-11-5-8-16(26)20(30)31/h13-16,32H,1-12,21-23H2,(H,24,27)(H,25,28)(H,30,31). The molecule has 9 N–H and O–H groups in total. The van der Waals surface area contributed by atoms with E-state index in [1.807, 2.05) is 0 Å². The molecular weight excluding hydrogens is 436 g/mol. The highest BCUT2D eigenvalue weighted by Crippen LogP contribution is 2.19. The van der Waals surface area contributed by atoms with Gasteiger partial charge in [-0.2, -0.15) is 12.6 Å². The van der Waals surface area contributed by atoms with Crippen molar-refractivity contribution in [3.8, 4) is 0 Å². The van der Waals surface area contributed by atoms with E-state index in [4.69, 9.17) is 17.2 Å². The lowest BCUT2D eigenvalue weighted by molar-refractivity contribution is -0.149. The number of hydrogen-bond donors (Lipinski definition) is 7. The summed E-state index contributed by atoms with van der Waals surface area (Å²) in [5.74, 6) is -2.56. The number of unbranched alkanes of at least 4 members (excludes halogenated alkanes) is 2. The van der Waals surface area contributed by atoms with Gasteiger partial charge in [-0.25, -0.2) is 4.79 Å². The van der Waals surface area contributed by atoms with Crippen molar-refractivity contribution in [1.82, 2.24) is 15.5 Å². The summed E-state index contributed by atoms with van der Waals surface area (Å²) in [6.45, 7) is 1.27. The number of carboxylic acid groups (broad SMARTS) is 1. The van der Waals surface area contributed by atoms with Crippen molar-refractivity contribution >= 4 is 36.3 Å². The first kappa shape index (κ1) is 28.1. The Kier molecular flexibility index (Phi) is 13.2. The second-order valence-electron chi connectivity index (χ2n) is 8.01. The topological polar surface area (TPSA) is 194 Å². The average molecular weight is 475 g/mol. The fourth-order valence-electron chi connectivity index (χ4n) is 3.63. The lowest BCUT2D eigenvalue weighted by Crippen LogP contribution is -2.57. The minimum absolute atomic E-state index is 0.00448. The smallest absolute Gasteiger partial charge is 0.326 e. The third-order valence-electron chi connectivity index (χ3n) is 5.50. The molecule has 0 aromatic heterocycles. The fourth-order valence-corrected chi connectivity index (χ4v) is 3.87. The normalized spacial score (nSPS) is 18.6. The maximum Gasteiger partial charge on any atom is 0.326 e. The van der Waals surface area contributed by atoms with Crippen LogP contribution in [0.2, 0.25) is 0 Å². The molecule has 0 aliphatic carbocycles. The highest BCUT2D eigenvalue weighted by Gasteiger charge is 2.38. The van der Waals surface area contributed by atoms with Crippen molar-refractivity contribution in [3.63, 3.8) is 0 Å². The summed E-state index contributed by atoms with van der Waals surface area (Å²) >= 11 is 4.16. The molecule has 12 heteroatoms. The van der Waals surface area contributed by atoms with Gasteiger partial charge in [0.25, 0.3) is 0 Å². The molecule has 0 spiro atoms. The molecular formula is C20H38N6O5S. The van der Waals surface area contributed by atoms with Crippen LogP contribution in [0.1, 0.15) is 51.4 Å². The second kappa shape index (κ2) is 15.0. The van der Waals surface area contributed by atoms with Gasteiger partial charge in [0.1, 0.15) is 18.1 Å². The molecule has 0 bridgehead atoms. The highest BCUT2D eigenvalue weighted by molar-refractivity contribution is 7.80. The number of amides is 3. The molecule has 3 amide bonds. The van der Waals surface area contributed by atoms with Gasteiger partial charge < -0.3 is 37.8 Å². The summed E-state index contributed by atoms with van der Waals surface area (Å²) in [6.07, 6.45) is 4.45. The van der Waals surface area contributed by atoms with Crippen LogP contribution in [0.4, 0.5) is 0 Å². The maximum atomic E-state index is 12.9. The number of hydrogen-bond acceptors (Lipinski definition) is 8. The van der Waals surface area contributed by atoms with Crippen molar-refractivity contribution in [3.05, 3.63) is 0 Å². The second-order valence-corrected chi connectivity index (χ2v) is 8.37. The van der Waals surface area contributed by atoms with Crippen molar-refractivity contribution in [1.29, 1.82) is 0 Å². The monoisotopic (exact) mass is 474 g/mol. The summed E-state index contributed by atoms with van der Waals surface area (Å²) in [6, 6.07) is -3.57. The van der Waals surface area contributed by atoms with Crippen LogP contribution in [-0.4, -0.2) is 83.3 Å². The first-order valence-corrected chi connectivity index (χ1v) is 11.8. The molecule has 0 radical (unpaired) electrons. The Bertz CT molecular complexity index is 638. The maximum absolute atomic E-state index is 12.9. The van der Waals surface area contributed by atoms with E-state index in [0.29, 0.717) is 64.6 Å². The Hall–Kier alpha value is -1.89. The van der Waals surface area contributed by atoms with E-state index >= 15 is 0 Å². The van der Waals surface area contributed by atoms with Crippen molar-refractivity contribution < 1.29 is 24.3 Å². The van der Waals surface area contributed by atoms with Gasteiger partial charge in [0.05, 0.1) is 6.04 Å². The number of thiol groups is 1. The molecule has 1 heterocycles. The van der Waals surface area contributed by atoms with E-state index in [-0.39, 0.29) is 5.75 Å². The number of likely N-dealkylation sites (tertiary alicyclic amines) is 1. The van der Waals surface area contributed by atoms with Crippen LogP contribution in [0.25, 0.3) is 0 Å². The molecule has 0 aromatic rings. The third-order valence-corrected chi connectivity index (χ3v) is 5.87. The Labute approximate surface area is 194 Å². The number of carbonyl (C=O) groups is 4. The van der Waals surface area contributed by atoms with Gasteiger partial charge in [-0.1, -0.05) is 6.42 Å². The first-order chi connectivity index (χ1) is 15.3. The number of rotatable bonds is 15. The first-order valence-electron chi connectivity index (χ1n) is 11.2. The van der Waals surface area contributed by atoms with Gasteiger partial charge in [0.2, 0.25) is 17.7 Å². The van der Waals surface area contributed by atoms with Crippen molar-refractivity contribution in [2.24, 2.45) is 17.2 Å². The number of nitrogens with two attached hydrogens (primary N) is 3. The lowest BCUT2D eigenvalue weighted by atomic mass is 10.1.